The van der Waals surface area contributed by atoms with Crippen molar-refractivity contribution in [3.8, 4) is 0 Å². The molecule has 2 nitrogen and oxygen atoms in total. The third-order valence-electron chi connectivity index (χ3n) is 2.95. The van der Waals surface area contributed by atoms with Gasteiger partial charge in [0.15, 0.2) is 0 Å². The van der Waals surface area contributed by atoms with E-state index in [4.69, 9.17) is 4.74 Å². The summed E-state index contributed by atoms with van der Waals surface area (Å²) < 4.78 is 5.72. The predicted molar refractivity (Wildman–Crippen MR) is 58.4 cm³/mol. The average molecular weight is 204 g/mol. The standard InChI is InChI=1S/C13H16O2/c14-7-6-12-8-13(9-12)15-10-11-4-2-1-3-5-11/h1-5,7,12-13H,6,8-10H2. The molecule has 0 radical (unpaired) electrons. The van der Waals surface area contributed by atoms with Gasteiger partial charge in [0.1, 0.15) is 6.29 Å². The van der Waals surface area contributed by atoms with Gasteiger partial charge in [-0.15, -0.1) is 0 Å². The van der Waals surface area contributed by atoms with Gasteiger partial charge in [-0.2, -0.15) is 0 Å². The van der Waals surface area contributed by atoms with Crippen molar-refractivity contribution in [2.24, 2.45) is 5.92 Å². The van der Waals surface area contributed by atoms with Crippen molar-refractivity contribution in [3.63, 3.8) is 0 Å². The van der Waals surface area contributed by atoms with Crippen molar-refractivity contribution in [1.29, 1.82) is 0 Å². The van der Waals surface area contributed by atoms with Crippen molar-refractivity contribution in [2.75, 3.05) is 0 Å². The van der Waals surface area contributed by atoms with Crippen LogP contribution >= 0.6 is 0 Å². The van der Waals surface area contributed by atoms with Gasteiger partial charge in [-0.25, -0.2) is 0 Å². The highest BCUT2D eigenvalue weighted by atomic mass is 16.5. The molecule has 1 aromatic carbocycles. The van der Waals surface area contributed by atoms with Gasteiger partial charge in [0.2, 0.25) is 0 Å². The van der Waals surface area contributed by atoms with Gasteiger partial charge < -0.3 is 9.53 Å². The maximum Gasteiger partial charge on any atom is 0.120 e. The largest absolute Gasteiger partial charge is 0.374 e. The molecular weight excluding hydrogens is 188 g/mol. The van der Waals surface area contributed by atoms with E-state index >= 15 is 0 Å². The van der Waals surface area contributed by atoms with Crippen molar-refractivity contribution < 1.29 is 9.53 Å². The minimum Gasteiger partial charge on any atom is -0.374 e. The van der Waals surface area contributed by atoms with Gasteiger partial charge in [-0.05, 0) is 24.3 Å². The molecule has 0 unspecified atom stereocenters. The molecule has 0 N–H and O–H groups in total. The first kappa shape index (κ1) is 10.4. The third kappa shape index (κ3) is 2.90. The van der Waals surface area contributed by atoms with Gasteiger partial charge in [0.25, 0.3) is 0 Å². The second-order valence-electron chi connectivity index (χ2n) is 4.16. The van der Waals surface area contributed by atoms with Crippen LogP contribution in [0.4, 0.5) is 0 Å². The summed E-state index contributed by atoms with van der Waals surface area (Å²) in [7, 11) is 0. The highest BCUT2D eigenvalue weighted by Crippen LogP contribution is 2.32. The monoisotopic (exact) mass is 204 g/mol. The summed E-state index contributed by atoms with van der Waals surface area (Å²) in [6.45, 7) is 0.694. The van der Waals surface area contributed by atoms with Crippen LogP contribution in [-0.2, 0) is 16.1 Å². The highest BCUT2D eigenvalue weighted by Gasteiger charge is 2.29. The summed E-state index contributed by atoms with van der Waals surface area (Å²) >= 11 is 0. The minimum absolute atomic E-state index is 0.371. The summed E-state index contributed by atoms with van der Waals surface area (Å²) in [6, 6.07) is 10.2. The number of hydrogen-bond donors (Lipinski definition) is 0. The van der Waals surface area contributed by atoms with Crippen LogP contribution in [-0.4, -0.2) is 12.4 Å². The van der Waals surface area contributed by atoms with Crippen LogP contribution in [0.5, 0.6) is 0 Å². The summed E-state index contributed by atoms with van der Waals surface area (Å²) in [5, 5.41) is 0. The molecule has 0 amide bonds. The Bertz CT molecular complexity index is 302. The zero-order valence-electron chi connectivity index (χ0n) is 8.76. The molecule has 0 saturated heterocycles. The molecule has 1 aromatic rings. The fraction of sp³-hybridized carbons (Fsp3) is 0.462. The molecule has 80 valence electrons. The maximum absolute atomic E-state index is 10.3. The van der Waals surface area contributed by atoms with E-state index in [0.717, 1.165) is 19.1 Å². The fourth-order valence-electron chi connectivity index (χ4n) is 1.93. The second-order valence-corrected chi connectivity index (χ2v) is 4.16. The topological polar surface area (TPSA) is 26.3 Å². The minimum atomic E-state index is 0.371. The van der Waals surface area contributed by atoms with E-state index in [2.05, 4.69) is 12.1 Å². The van der Waals surface area contributed by atoms with Crippen molar-refractivity contribution in [2.45, 2.75) is 32.0 Å². The van der Waals surface area contributed by atoms with E-state index in [1.54, 1.807) is 0 Å². The van der Waals surface area contributed by atoms with Crippen LogP contribution in [0.25, 0.3) is 0 Å². The summed E-state index contributed by atoms with van der Waals surface area (Å²) in [4.78, 5) is 10.3. The predicted octanol–water partition coefficient (Wildman–Crippen LogP) is 2.57. The number of rotatable bonds is 5. The lowest BCUT2D eigenvalue weighted by molar-refractivity contribution is -0.111. The molecule has 0 aromatic heterocycles. The molecule has 0 spiro atoms. The quantitative estimate of drug-likeness (QED) is 0.689. The molecule has 1 aliphatic carbocycles. The Morgan fingerprint density at radius 3 is 2.67 bits per heavy atom. The molecule has 0 aliphatic heterocycles. The number of carbonyl (C=O) groups excluding carboxylic acids is 1. The van der Waals surface area contributed by atoms with Gasteiger partial charge in [-0.1, -0.05) is 30.3 Å². The molecule has 0 bridgehead atoms. The normalized spacial score (nSPS) is 24.5. The van der Waals surface area contributed by atoms with Crippen LogP contribution < -0.4 is 0 Å². The van der Waals surface area contributed by atoms with Crippen LogP contribution in [0, 0.1) is 5.92 Å². The van der Waals surface area contributed by atoms with E-state index in [9.17, 15) is 4.79 Å². The van der Waals surface area contributed by atoms with E-state index < -0.39 is 0 Å². The Balaban J connectivity index is 1.66. The molecule has 15 heavy (non-hydrogen) atoms. The molecule has 2 rings (SSSR count). The van der Waals surface area contributed by atoms with Gasteiger partial charge in [-0.3, -0.25) is 0 Å². The molecule has 1 fully saturated rings. The van der Waals surface area contributed by atoms with Gasteiger partial charge >= 0.3 is 0 Å². The zero-order chi connectivity index (χ0) is 10.5. The van der Waals surface area contributed by atoms with Crippen LogP contribution in [0.3, 0.4) is 0 Å². The van der Waals surface area contributed by atoms with Crippen LogP contribution in [0.2, 0.25) is 0 Å². The number of hydrogen-bond acceptors (Lipinski definition) is 2. The lowest BCUT2D eigenvalue weighted by Gasteiger charge is -2.34. The Morgan fingerprint density at radius 1 is 1.27 bits per heavy atom. The molecule has 0 heterocycles. The van der Waals surface area contributed by atoms with E-state index in [0.29, 0.717) is 25.0 Å². The smallest absolute Gasteiger partial charge is 0.120 e. The summed E-state index contributed by atoms with van der Waals surface area (Å²) in [5.74, 6) is 0.572. The maximum atomic E-state index is 10.3. The van der Waals surface area contributed by atoms with Crippen molar-refractivity contribution in [3.05, 3.63) is 35.9 Å². The lowest BCUT2D eigenvalue weighted by Crippen LogP contribution is -2.31. The number of carbonyl (C=O) groups is 1. The van der Waals surface area contributed by atoms with Crippen LogP contribution in [0.1, 0.15) is 24.8 Å². The summed E-state index contributed by atoms with van der Waals surface area (Å²) in [5.41, 5.74) is 1.22. The molecule has 1 saturated carbocycles. The average Bonchev–Trinajstić information content (AvgIpc) is 2.23. The fourth-order valence-corrected chi connectivity index (χ4v) is 1.93. The van der Waals surface area contributed by atoms with E-state index in [1.807, 2.05) is 18.2 Å². The van der Waals surface area contributed by atoms with Gasteiger partial charge in [0.05, 0.1) is 12.7 Å². The number of ether oxygens (including phenoxy) is 1. The van der Waals surface area contributed by atoms with Gasteiger partial charge in [0, 0.05) is 6.42 Å². The second kappa shape index (κ2) is 5.08. The molecule has 1 aliphatic rings. The van der Waals surface area contributed by atoms with Crippen molar-refractivity contribution >= 4 is 6.29 Å². The Kier molecular flexibility index (Phi) is 3.51. The first-order valence-electron chi connectivity index (χ1n) is 5.47. The first-order chi connectivity index (χ1) is 7.38. The molecule has 2 heteroatoms. The Labute approximate surface area is 90.3 Å². The SMILES string of the molecule is O=CCC1CC(OCc2ccccc2)C1. The number of aldehydes is 1. The Morgan fingerprint density at radius 2 is 2.00 bits per heavy atom. The van der Waals surface area contributed by atoms with E-state index in [-0.39, 0.29) is 0 Å². The third-order valence-corrected chi connectivity index (χ3v) is 2.95. The first-order valence-corrected chi connectivity index (χ1v) is 5.47. The van der Waals surface area contributed by atoms with Crippen LogP contribution in [0.15, 0.2) is 30.3 Å². The molecular formula is C13H16O2. The number of benzene rings is 1. The zero-order valence-corrected chi connectivity index (χ0v) is 8.76. The highest BCUT2D eigenvalue weighted by molar-refractivity contribution is 5.50. The van der Waals surface area contributed by atoms with Crippen molar-refractivity contribution in [1.82, 2.24) is 0 Å². The summed E-state index contributed by atoms with van der Waals surface area (Å²) in [6.07, 6.45) is 4.18. The van der Waals surface area contributed by atoms with E-state index in [1.165, 1.54) is 5.56 Å². The lowest BCUT2D eigenvalue weighted by atomic mass is 9.80. The molecule has 0 atom stereocenters. The Hall–Kier alpha value is -1.15.